The lowest BCUT2D eigenvalue weighted by molar-refractivity contribution is -0.143. The van der Waals surface area contributed by atoms with Crippen molar-refractivity contribution in [3.05, 3.63) is 0 Å². The summed E-state index contributed by atoms with van der Waals surface area (Å²) in [6.45, 7) is 2.49. The van der Waals surface area contributed by atoms with Crippen LogP contribution in [-0.2, 0) is 9.53 Å². The lowest BCUT2D eigenvalue weighted by Crippen LogP contribution is -2.05. The van der Waals surface area contributed by atoms with Crippen molar-refractivity contribution in [2.45, 2.75) is 19.8 Å². The van der Waals surface area contributed by atoms with Gasteiger partial charge >= 0.3 is 5.97 Å². The van der Waals surface area contributed by atoms with Gasteiger partial charge in [0, 0.05) is 6.42 Å². The fourth-order valence-corrected chi connectivity index (χ4v) is 0.567. The van der Waals surface area contributed by atoms with Crippen LogP contribution >= 0.6 is 9.24 Å². The van der Waals surface area contributed by atoms with Gasteiger partial charge in [-0.1, -0.05) is 6.92 Å². The molecule has 0 saturated carbocycles. The first-order valence-corrected chi connectivity index (χ1v) is 3.98. The SMILES string of the molecule is CCCC(=O)OCCP. The van der Waals surface area contributed by atoms with Crippen LogP contribution < -0.4 is 0 Å². The number of carbonyl (C=O) groups excluding carboxylic acids is 1. The first kappa shape index (κ1) is 8.90. The van der Waals surface area contributed by atoms with E-state index in [0.29, 0.717) is 13.0 Å². The third-order valence-corrected chi connectivity index (χ3v) is 1.07. The number of esters is 1. The van der Waals surface area contributed by atoms with Crippen LogP contribution in [0.3, 0.4) is 0 Å². The Labute approximate surface area is 58.2 Å². The summed E-state index contributed by atoms with van der Waals surface area (Å²) in [5.74, 6) is -0.0834. The van der Waals surface area contributed by atoms with Crippen LogP contribution in [0.4, 0.5) is 0 Å². The van der Waals surface area contributed by atoms with Gasteiger partial charge in [-0.2, -0.15) is 0 Å². The molecular weight excluding hydrogens is 135 g/mol. The Bertz CT molecular complexity index is 83.1. The van der Waals surface area contributed by atoms with Crippen molar-refractivity contribution >= 4 is 15.2 Å². The van der Waals surface area contributed by atoms with E-state index in [-0.39, 0.29) is 5.97 Å². The molecule has 0 rings (SSSR count). The van der Waals surface area contributed by atoms with Crippen LogP contribution in [0, 0.1) is 0 Å². The van der Waals surface area contributed by atoms with E-state index in [4.69, 9.17) is 4.74 Å². The number of carbonyl (C=O) groups is 1. The van der Waals surface area contributed by atoms with Crippen molar-refractivity contribution < 1.29 is 9.53 Å². The zero-order valence-corrected chi connectivity index (χ0v) is 6.88. The van der Waals surface area contributed by atoms with E-state index in [1.54, 1.807) is 0 Å². The maximum atomic E-state index is 10.6. The number of hydrogen-bond acceptors (Lipinski definition) is 2. The Morgan fingerprint density at radius 2 is 2.33 bits per heavy atom. The van der Waals surface area contributed by atoms with Gasteiger partial charge in [0.25, 0.3) is 0 Å². The third kappa shape index (κ3) is 5.78. The minimum Gasteiger partial charge on any atom is -0.465 e. The quantitative estimate of drug-likeness (QED) is 0.442. The average molecular weight is 148 g/mol. The standard InChI is InChI=1S/C6H13O2P/c1-2-3-6(7)8-4-5-9/h2-5,9H2,1H3. The van der Waals surface area contributed by atoms with Crippen LogP contribution in [0.15, 0.2) is 0 Å². The Morgan fingerprint density at radius 1 is 1.67 bits per heavy atom. The van der Waals surface area contributed by atoms with E-state index in [2.05, 4.69) is 9.24 Å². The Hall–Kier alpha value is -0.100. The second-order valence-electron chi connectivity index (χ2n) is 1.76. The molecule has 0 bridgehead atoms. The van der Waals surface area contributed by atoms with E-state index in [0.717, 1.165) is 12.6 Å². The zero-order valence-electron chi connectivity index (χ0n) is 5.72. The van der Waals surface area contributed by atoms with Gasteiger partial charge in [-0.3, -0.25) is 4.79 Å². The Morgan fingerprint density at radius 3 is 2.78 bits per heavy atom. The molecule has 0 saturated heterocycles. The van der Waals surface area contributed by atoms with E-state index in [1.165, 1.54) is 0 Å². The first-order valence-electron chi connectivity index (χ1n) is 3.17. The van der Waals surface area contributed by atoms with Crippen molar-refractivity contribution in [3.63, 3.8) is 0 Å². The second kappa shape index (κ2) is 6.03. The number of rotatable bonds is 4. The summed E-state index contributed by atoms with van der Waals surface area (Å²) < 4.78 is 4.77. The summed E-state index contributed by atoms with van der Waals surface area (Å²) in [5.41, 5.74) is 0. The summed E-state index contributed by atoms with van der Waals surface area (Å²) in [7, 11) is 2.50. The van der Waals surface area contributed by atoms with Crippen LogP contribution in [0.1, 0.15) is 19.8 Å². The van der Waals surface area contributed by atoms with Gasteiger partial charge in [-0.15, -0.1) is 9.24 Å². The molecule has 0 radical (unpaired) electrons. The molecule has 0 aromatic carbocycles. The van der Waals surface area contributed by atoms with Crippen LogP contribution in [0.2, 0.25) is 0 Å². The van der Waals surface area contributed by atoms with Gasteiger partial charge in [0.2, 0.25) is 0 Å². The van der Waals surface area contributed by atoms with Crippen LogP contribution in [-0.4, -0.2) is 18.7 Å². The maximum Gasteiger partial charge on any atom is 0.305 e. The monoisotopic (exact) mass is 148 g/mol. The molecule has 1 atom stereocenters. The molecule has 1 unspecified atom stereocenters. The molecule has 0 aliphatic rings. The molecule has 54 valence electrons. The lowest BCUT2D eigenvalue weighted by Gasteiger charge is -1.99. The molecule has 0 spiro atoms. The Balaban J connectivity index is 3.06. The van der Waals surface area contributed by atoms with Gasteiger partial charge in [0.05, 0.1) is 6.61 Å². The minimum atomic E-state index is -0.0834. The highest BCUT2D eigenvalue weighted by atomic mass is 31.0. The second-order valence-corrected chi connectivity index (χ2v) is 2.34. The summed E-state index contributed by atoms with van der Waals surface area (Å²) in [5, 5.41) is 0. The lowest BCUT2D eigenvalue weighted by atomic mass is 10.3. The smallest absolute Gasteiger partial charge is 0.305 e. The third-order valence-electron chi connectivity index (χ3n) is 0.835. The molecule has 0 aliphatic carbocycles. The van der Waals surface area contributed by atoms with Crippen LogP contribution in [0.5, 0.6) is 0 Å². The van der Waals surface area contributed by atoms with Crippen LogP contribution in [0.25, 0.3) is 0 Å². The van der Waals surface area contributed by atoms with E-state index >= 15 is 0 Å². The van der Waals surface area contributed by atoms with Crippen molar-refractivity contribution in [1.82, 2.24) is 0 Å². The first-order chi connectivity index (χ1) is 4.31. The molecule has 0 amide bonds. The maximum absolute atomic E-state index is 10.6. The highest BCUT2D eigenvalue weighted by molar-refractivity contribution is 7.16. The van der Waals surface area contributed by atoms with E-state index in [1.807, 2.05) is 6.92 Å². The van der Waals surface area contributed by atoms with Gasteiger partial charge in [0.1, 0.15) is 0 Å². The normalized spacial score (nSPS) is 9.11. The van der Waals surface area contributed by atoms with Gasteiger partial charge < -0.3 is 4.74 Å². The topological polar surface area (TPSA) is 26.3 Å². The van der Waals surface area contributed by atoms with Crippen molar-refractivity contribution in [2.75, 3.05) is 12.8 Å². The summed E-state index contributed by atoms with van der Waals surface area (Å²) in [6.07, 6.45) is 2.25. The number of hydrogen-bond donors (Lipinski definition) is 0. The molecule has 0 aliphatic heterocycles. The summed E-state index contributed by atoms with van der Waals surface area (Å²) >= 11 is 0. The van der Waals surface area contributed by atoms with Gasteiger partial charge in [-0.05, 0) is 12.6 Å². The fourth-order valence-electron chi connectivity index (χ4n) is 0.449. The molecule has 0 heterocycles. The molecule has 2 nitrogen and oxygen atoms in total. The van der Waals surface area contributed by atoms with Crippen molar-refractivity contribution in [1.29, 1.82) is 0 Å². The molecule has 3 heteroatoms. The zero-order chi connectivity index (χ0) is 7.11. The largest absolute Gasteiger partial charge is 0.465 e. The predicted octanol–water partition coefficient (Wildman–Crippen LogP) is 1.20. The fraction of sp³-hybridized carbons (Fsp3) is 0.833. The van der Waals surface area contributed by atoms with Gasteiger partial charge in [0.15, 0.2) is 0 Å². The molecule has 0 aromatic rings. The van der Waals surface area contributed by atoms with E-state index in [9.17, 15) is 4.79 Å². The average Bonchev–Trinajstić information content (AvgIpc) is 1.85. The summed E-state index contributed by atoms with van der Waals surface area (Å²) in [6, 6.07) is 0. The van der Waals surface area contributed by atoms with E-state index < -0.39 is 0 Å². The number of ether oxygens (including phenoxy) is 1. The molecule has 9 heavy (non-hydrogen) atoms. The van der Waals surface area contributed by atoms with Crippen molar-refractivity contribution in [3.8, 4) is 0 Å². The highest BCUT2D eigenvalue weighted by Gasteiger charge is 1.96. The molecule has 0 N–H and O–H groups in total. The molecule has 0 aromatic heterocycles. The minimum absolute atomic E-state index is 0.0834. The molecule has 0 fully saturated rings. The Kier molecular flexibility index (Phi) is 5.96. The molecular formula is C6H13O2P. The predicted molar refractivity (Wildman–Crippen MR) is 40.4 cm³/mol. The van der Waals surface area contributed by atoms with Crippen molar-refractivity contribution in [2.24, 2.45) is 0 Å². The summed E-state index contributed by atoms with van der Waals surface area (Å²) in [4.78, 5) is 10.6. The highest BCUT2D eigenvalue weighted by Crippen LogP contribution is 1.91. The van der Waals surface area contributed by atoms with Gasteiger partial charge in [-0.25, -0.2) is 0 Å².